The van der Waals surface area contributed by atoms with Crippen LogP contribution in [0.1, 0.15) is 16.8 Å². The normalized spacial score (nSPS) is 10.9. The number of nitro groups is 1. The number of hydrazone groups is 1. The number of aliphatic hydroxyl groups is 1. The van der Waals surface area contributed by atoms with Crippen LogP contribution in [0.15, 0.2) is 34.2 Å². The van der Waals surface area contributed by atoms with Crippen molar-refractivity contribution in [3.63, 3.8) is 0 Å². The third-order valence-electron chi connectivity index (χ3n) is 3.07. The van der Waals surface area contributed by atoms with Gasteiger partial charge < -0.3 is 5.11 Å². The fourth-order valence-electron chi connectivity index (χ4n) is 1.92. The summed E-state index contributed by atoms with van der Waals surface area (Å²) in [4.78, 5) is 28.6. The first-order chi connectivity index (χ1) is 11.0. The van der Waals surface area contributed by atoms with Crippen LogP contribution in [0.4, 0.5) is 11.6 Å². The molecular formula is C14H15N5O4. The molecule has 1 heterocycles. The minimum Gasteiger partial charge on any atom is -0.396 e. The van der Waals surface area contributed by atoms with Gasteiger partial charge in [0.05, 0.1) is 16.8 Å². The van der Waals surface area contributed by atoms with Gasteiger partial charge in [-0.25, -0.2) is 10.4 Å². The third-order valence-corrected chi connectivity index (χ3v) is 3.07. The van der Waals surface area contributed by atoms with Crippen molar-refractivity contribution < 1.29 is 10.0 Å². The predicted molar refractivity (Wildman–Crippen MR) is 84.7 cm³/mol. The summed E-state index contributed by atoms with van der Waals surface area (Å²) in [7, 11) is 0. The lowest BCUT2D eigenvalue weighted by Crippen LogP contribution is -2.19. The first-order valence-corrected chi connectivity index (χ1v) is 6.75. The number of nitrogens with zero attached hydrogens (tertiary/aromatic N) is 3. The Morgan fingerprint density at radius 1 is 1.43 bits per heavy atom. The van der Waals surface area contributed by atoms with E-state index < -0.39 is 4.92 Å². The van der Waals surface area contributed by atoms with Crippen LogP contribution in [0.2, 0.25) is 0 Å². The molecule has 9 nitrogen and oxygen atoms in total. The standard InChI is InChI=1S/C14H15N5O4/c1-9-12(6-7-20)13(21)17-14(16-9)18-15-8-10-2-4-11(5-3-10)19(22)23/h2-5,8,20H,6-7H2,1H3,(H2,16,17,18,21)/b15-8-. The van der Waals surface area contributed by atoms with Gasteiger partial charge in [-0.05, 0) is 24.6 Å². The van der Waals surface area contributed by atoms with Crippen LogP contribution < -0.4 is 11.0 Å². The molecule has 1 aromatic carbocycles. The number of anilines is 1. The molecule has 0 spiro atoms. The van der Waals surface area contributed by atoms with E-state index in [0.29, 0.717) is 16.8 Å². The minimum absolute atomic E-state index is 0.00352. The van der Waals surface area contributed by atoms with Gasteiger partial charge in [-0.3, -0.25) is 19.9 Å². The average Bonchev–Trinajstić information content (AvgIpc) is 2.51. The molecule has 0 fully saturated rings. The summed E-state index contributed by atoms with van der Waals surface area (Å²) in [5.41, 5.74) is 3.84. The van der Waals surface area contributed by atoms with E-state index in [4.69, 9.17) is 5.11 Å². The molecule has 2 rings (SSSR count). The SMILES string of the molecule is Cc1nc(N/N=C\c2ccc([N+](=O)[O-])cc2)[nH]c(=O)c1CCO. The molecule has 120 valence electrons. The average molecular weight is 317 g/mol. The zero-order valence-corrected chi connectivity index (χ0v) is 12.3. The maximum Gasteiger partial charge on any atom is 0.269 e. The van der Waals surface area contributed by atoms with Crippen LogP contribution in [0.25, 0.3) is 0 Å². The van der Waals surface area contributed by atoms with E-state index in [1.54, 1.807) is 19.1 Å². The van der Waals surface area contributed by atoms with Crippen molar-refractivity contribution in [2.45, 2.75) is 13.3 Å². The van der Waals surface area contributed by atoms with Crippen LogP contribution in [0.3, 0.4) is 0 Å². The number of H-pyrrole nitrogens is 1. The summed E-state index contributed by atoms with van der Waals surface area (Å²) in [6, 6.07) is 5.84. The van der Waals surface area contributed by atoms with Crippen molar-refractivity contribution in [3.8, 4) is 0 Å². The van der Waals surface area contributed by atoms with Gasteiger partial charge in [-0.1, -0.05) is 0 Å². The van der Waals surface area contributed by atoms with E-state index in [0.717, 1.165) is 0 Å². The van der Waals surface area contributed by atoms with Crippen molar-refractivity contribution in [2.24, 2.45) is 5.10 Å². The van der Waals surface area contributed by atoms with Crippen molar-refractivity contribution in [1.82, 2.24) is 9.97 Å². The molecule has 0 unspecified atom stereocenters. The highest BCUT2D eigenvalue weighted by molar-refractivity contribution is 5.80. The third kappa shape index (κ3) is 4.20. The van der Waals surface area contributed by atoms with E-state index in [-0.39, 0.29) is 30.2 Å². The van der Waals surface area contributed by atoms with E-state index in [2.05, 4.69) is 20.5 Å². The number of hydrogen-bond acceptors (Lipinski definition) is 7. The van der Waals surface area contributed by atoms with Gasteiger partial charge in [0.15, 0.2) is 0 Å². The second-order valence-corrected chi connectivity index (χ2v) is 4.67. The fraction of sp³-hybridized carbons (Fsp3) is 0.214. The van der Waals surface area contributed by atoms with Crippen LogP contribution >= 0.6 is 0 Å². The molecule has 0 radical (unpaired) electrons. The summed E-state index contributed by atoms with van der Waals surface area (Å²) < 4.78 is 0. The molecule has 2 aromatic rings. The highest BCUT2D eigenvalue weighted by atomic mass is 16.6. The molecular weight excluding hydrogens is 302 g/mol. The van der Waals surface area contributed by atoms with E-state index in [1.165, 1.54) is 18.3 Å². The van der Waals surface area contributed by atoms with Gasteiger partial charge in [-0.2, -0.15) is 5.10 Å². The first kappa shape index (κ1) is 16.3. The number of aliphatic hydroxyl groups excluding tert-OH is 1. The lowest BCUT2D eigenvalue weighted by Gasteiger charge is -2.05. The Kier molecular flexibility index (Phi) is 5.15. The highest BCUT2D eigenvalue weighted by Crippen LogP contribution is 2.10. The summed E-state index contributed by atoms with van der Waals surface area (Å²) in [6.45, 7) is 1.54. The maximum atomic E-state index is 11.8. The number of nitro benzene ring substituents is 1. The van der Waals surface area contributed by atoms with Gasteiger partial charge in [0, 0.05) is 30.7 Å². The Bertz CT molecular complexity index is 783. The van der Waals surface area contributed by atoms with Crippen LogP contribution in [-0.2, 0) is 6.42 Å². The lowest BCUT2D eigenvalue weighted by atomic mass is 10.2. The van der Waals surface area contributed by atoms with Gasteiger partial charge in [0.2, 0.25) is 5.95 Å². The molecule has 23 heavy (non-hydrogen) atoms. The Balaban J connectivity index is 2.08. The molecule has 0 aliphatic carbocycles. The van der Waals surface area contributed by atoms with Gasteiger partial charge >= 0.3 is 0 Å². The second kappa shape index (κ2) is 7.27. The minimum atomic E-state index is -0.482. The molecule has 1 aromatic heterocycles. The first-order valence-electron chi connectivity index (χ1n) is 6.75. The quantitative estimate of drug-likeness (QED) is 0.413. The van der Waals surface area contributed by atoms with Gasteiger partial charge in [-0.15, -0.1) is 0 Å². The lowest BCUT2D eigenvalue weighted by molar-refractivity contribution is -0.384. The number of aromatic nitrogens is 2. The number of benzene rings is 1. The van der Waals surface area contributed by atoms with Crippen molar-refractivity contribution in [2.75, 3.05) is 12.0 Å². The molecule has 0 atom stereocenters. The zero-order chi connectivity index (χ0) is 16.8. The highest BCUT2D eigenvalue weighted by Gasteiger charge is 2.07. The Morgan fingerprint density at radius 3 is 2.70 bits per heavy atom. The van der Waals surface area contributed by atoms with Gasteiger partial charge in [0.1, 0.15) is 0 Å². The number of non-ortho nitro benzene ring substituents is 1. The number of aromatic amines is 1. The second-order valence-electron chi connectivity index (χ2n) is 4.67. The Labute approximate surface area is 130 Å². The molecule has 0 saturated heterocycles. The molecule has 3 N–H and O–H groups in total. The van der Waals surface area contributed by atoms with Crippen LogP contribution in [0, 0.1) is 17.0 Å². The summed E-state index contributed by atoms with van der Waals surface area (Å²) >= 11 is 0. The number of nitrogens with one attached hydrogen (secondary N) is 2. The molecule has 0 saturated carbocycles. The number of hydrogen-bond donors (Lipinski definition) is 3. The van der Waals surface area contributed by atoms with Crippen molar-refractivity contribution in [3.05, 3.63) is 61.6 Å². The molecule has 0 aliphatic heterocycles. The summed E-state index contributed by atoms with van der Waals surface area (Å²) in [5.74, 6) is 0.173. The molecule has 0 bridgehead atoms. The molecule has 0 aliphatic rings. The largest absolute Gasteiger partial charge is 0.396 e. The molecule has 0 amide bonds. The van der Waals surface area contributed by atoms with Crippen LogP contribution in [-0.4, -0.2) is 32.8 Å². The number of rotatable bonds is 6. The van der Waals surface area contributed by atoms with Crippen LogP contribution in [0.5, 0.6) is 0 Å². The molecule has 9 heteroatoms. The summed E-state index contributed by atoms with van der Waals surface area (Å²) in [5, 5.41) is 23.4. The maximum absolute atomic E-state index is 11.8. The van der Waals surface area contributed by atoms with Crippen molar-refractivity contribution >= 4 is 17.9 Å². The Hall–Kier alpha value is -3.07. The van der Waals surface area contributed by atoms with E-state index >= 15 is 0 Å². The summed E-state index contributed by atoms with van der Waals surface area (Å²) in [6.07, 6.45) is 1.68. The Morgan fingerprint density at radius 2 is 2.13 bits per heavy atom. The zero-order valence-electron chi connectivity index (χ0n) is 12.3. The van der Waals surface area contributed by atoms with Crippen molar-refractivity contribution in [1.29, 1.82) is 0 Å². The fourth-order valence-corrected chi connectivity index (χ4v) is 1.92. The van der Waals surface area contributed by atoms with E-state index in [9.17, 15) is 14.9 Å². The predicted octanol–water partition coefficient (Wildman–Crippen LogP) is 0.967. The monoisotopic (exact) mass is 317 g/mol. The van der Waals surface area contributed by atoms with E-state index in [1.807, 2.05) is 0 Å². The van der Waals surface area contributed by atoms with Gasteiger partial charge in [0.25, 0.3) is 11.2 Å². The topological polar surface area (TPSA) is 134 Å². The number of aryl methyl sites for hydroxylation is 1. The smallest absolute Gasteiger partial charge is 0.269 e.